The summed E-state index contributed by atoms with van der Waals surface area (Å²) in [5.41, 5.74) is -1.57. The smallest absolute Gasteiger partial charge is 0.349 e. The van der Waals surface area contributed by atoms with E-state index in [1.165, 1.54) is 5.38 Å². The van der Waals surface area contributed by atoms with Gasteiger partial charge in [-0.15, -0.1) is 22.9 Å². The number of carbonyl (C=O) groups excluding carboxylic acids is 4. The fourth-order valence-corrected chi connectivity index (χ4v) is 5.52. The third kappa shape index (κ3) is 5.80. The maximum absolute atomic E-state index is 13.4. The Balaban J connectivity index is 2.36. The van der Waals surface area contributed by atoms with E-state index in [2.05, 4.69) is 25.7 Å². The number of anilines is 1. The van der Waals surface area contributed by atoms with Gasteiger partial charge in [-0.3, -0.25) is 18.9 Å². The number of hydrogen-bond acceptors (Lipinski definition) is 10. The molecular formula is C16H22ClN4O8PS. The van der Waals surface area contributed by atoms with Gasteiger partial charge in [0, 0.05) is 5.38 Å². The first-order valence-corrected chi connectivity index (χ1v) is 12.1. The number of hydrogen-bond donors (Lipinski definition) is 3. The first-order valence-electron chi connectivity index (χ1n) is 9.09. The van der Waals surface area contributed by atoms with Crippen molar-refractivity contribution >= 4 is 59.4 Å². The van der Waals surface area contributed by atoms with Gasteiger partial charge in [0.2, 0.25) is 17.7 Å². The molecule has 1 aliphatic rings. The number of ether oxygens (including phenoxy) is 1. The Kier molecular flexibility index (Phi) is 8.95. The normalized spacial score (nSPS) is 19.0. The second-order valence-electron chi connectivity index (χ2n) is 6.03. The van der Waals surface area contributed by atoms with Gasteiger partial charge >= 0.3 is 13.6 Å². The molecule has 1 aromatic heterocycles. The van der Waals surface area contributed by atoms with Gasteiger partial charge in [-0.05, 0) is 13.8 Å². The molecule has 3 amide bonds. The van der Waals surface area contributed by atoms with Crippen molar-refractivity contribution in [1.29, 1.82) is 0 Å². The van der Waals surface area contributed by atoms with Crippen LogP contribution in [0, 0.1) is 0 Å². The lowest BCUT2D eigenvalue weighted by Crippen LogP contribution is -2.72. The molecule has 0 radical (unpaired) electrons. The number of nitrogens with one attached hydrogen (secondary N) is 3. The molecule has 31 heavy (non-hydrogen) atoms. The molecule has 1 saturated heterocycles. The number of β-lactam (4-membered cyclic amide) rings is 1. The summed E-state index contributed by atoms with van der Waals surface area (Å²) in [5, 5.41) is 8.65. The van der Waals surface area contributed by atoms with Crippen LogP contribution in [0.15, 0.2) is 5.38 Å². The van der Waals surface area contributed by atoms with Crippen molar-refractivity contribution in [1.82, 2.24) is 15.6 Å². The van der Waals surface area contributed by atoms with Crippen LogP contribution in [-0.4, -0.2) is 67.0 Å². The highest BCUT2D eigenvalue weighted by molar-refractivity contribution is 7.55. The summed E-state index contributed by atoms with van der Waals surface area (Å²) in [6.45, 7) is 3.08. The number of amides is 3. The molecule has 1 aromatic rings. The number of carbonyl (C=O) groups is 4. The molecule has 3 N–H and O–H groups in total. The zero-order valence-electron chi connectivity index (χ0n) is 16.9. The molecule has 0 aliphatic carbocycles. The average molecular weight is 497 g/mol. The lowest BCUT2D eigenvalue weighted by atomic mass is 9.99. The summed E-state index contributed by atoms with van der Waals surface area (Å²) < 4.78 is 28.6. The van der Waals surface area contributed by atoms with E-state index in [4.69, 9.17) is 20.6 Å². The van der Waals surface area contributed by atoms with Crippen molar-refractivity contribution < 1.29 is 37.5 Å². The van der Waals surface area contributed by atoms with Crippen LogP contribution in [0.2, 0.25) is 0 Å². The zero-order valence-corrected chi connectivity index (χ0v) is 19.3. The predicted molar refractivity (Wildman–Crippen MR) is 111 cm³/mol. The summed E-state index contributed by atoms with van der Waals surface area (Å²) in [6.07, 6.45) is 0. The van der Waals surface area contributed by atoms with Crippen LogP contribution in [0.1, 0.15) is 25.2 Å². The zero-order chi connectivity index (χ0) is 23.2. The molecule has 3 atom stereocenters. The maximum Gasteiger partial charge on any atom is 0.349 e. The molecule has 0 bridgehead atoms. The van der Waals surface area contributed by atoms with Crippen LogP contribution >= 0.6 is 30.5 Å². The van der Waals surface area contributed by atoms with Crippen LogP contribution < -0.4 is 16.0 Å². The molecule has 15 heteroatoms. The van der Waals surface area contributed by atoms with E-state index >= 15 is 0 Å². The van der Waals surface area contributed by atoms with Crippen LogP contribution in [0.3, 0.4) is 0 Å². The number of esters is 1. The molecule has 2 heterocycles. The van der Waals surface area contributed by atoms with Crippen molar-refractivity contribution in [3.8, 4) is 0 Å². The summed E-state index contributed by atoms with van der Waals surface area (Å²) in [7, 11) is -2.96. The Bertz CT molecular complexity index is 887. The van der Waals surface area contributed by atoms with Crippen LogP contribution in [0.5, 0.6) is 0 Å². The van der Waals surface area contributed by atoms with Gasteiger partial charge in [-0.1, -0.05) is 0 Å². The Labute approximate surface area is 186 Å². The average Bonchev–Trinajstić information content (AvgIpc) is 3.17. The van der Waals surface area contributed by atoms with Gasteiger partial charge in [-0.25, -0.2) is 9.78 Å². The molecule has 1 unspecified atom stereocenters. The minimum atomic E-state index is -4.10. The lowest BCUT2D eigenvalue weighted by Gasteiger charge is -2.36. The number of halogens is 1. The topological polar surface area (TPSA) is 162 Å². The third-order valence-corrected chi connectivity index (χ3v) is 7.41. The van der Waals surface area contributed by atoms with Crippen molar-refractivity contribution in [3.63, 3.8) is 0 Å². The van der Waals surface area contributed by atoms with E-state index < -0.39 is 49.0 Å². The van der Waals surface area contributed by atoms with E-state index in [9.17, 15) is 23.7 Å². The molecular weight excluding hydrogens is 475 g/mol. The number of alkyl halides is 1. The minimum absolute atomic E-state index is 0.00745. The van der Waals surface area contributed by atoms with E-state index in [1.54, 1.807) is 13.8 Å². The fraction of sp³-hybridized carbons (Fsp3) is 0.562. The van der Waals surface area contributed by atoms with Gasteiger partial charge in [0.15, 0.2) is 16.8 Å². The number of nitrogens with zero attached hydrogens (tertiary/aromatic N) is 1. The maximum atomic E-state index is 13.4. The number of rotatable bonds is 11. The highest BCUT2D eigenvalue weighted by Gasteiger charge is 2.50. The minimum Gasteiger partial charge on any atom is -0.467 e. The van der Waals surface area contributed by atoms with Crippen LogP contribution in [-0.2, 0) is 37.5 Å². The van der Waals surface area contributed by atoms with Crippen molar-refractivity contribution in [3.05, 3.63) is 11.1 Å². The van der Waals surface area contributed by atoms with Crippen molar-refractivity contribution in [2.24, 2.45) is 0 Å². The van der Waals surface area contributed by atoms with E-state index in [1.807, 2.05) is 0 Å². The van der Waals surface area contributed by atoms with Gasteiger partial charge in [-0.2, -0.15) is 0 Å². The largest absolute Gasteiger partial charge is 0.467 e. The predicted octanol–water partition coefficient (Wildman–Crippen LogP) is 0.784. The molecule has 0 saturated carbocycles. The van der Waals surface area contributed by atoms with E-state index in [0.29, 0.717) is 0 Å². The SMILES string of the molecule is CCOP(=O)(OCC)C(C(=O)N[C@@H]1C(=O)N[C@@H]1C(=O)OC)c1csc(NC(=O)CCl)n1. The molecule has 1 aliphatic heterocycles. The van der Waals surface area contributed by atoms with E-state index in [0.717, 1.165) is 18.4 Å². The van der Waals surface area contributed by atoms with Crippen molar-refractivity contribution in [2.45, 2.75) is 31.6 Å². The monoisotopic (exact) mass is 496 g/mol. The first-order chi connectivity index (χ1) is 14.7. The van der Waals surface area contributed by atoms with Gasteiger partial charge in [0.1, 0.15) is 11.9 Å². The highest BCUT2D eigenvalue weighted by Crippen LogP contribution is 2.61. The molecule has 1 fully saturated rings. The molecule has 2 rings (SSSR count). The summed E-state index contributed by atoms with van der Waals surface area (Å²) >= 11 is 6.43. The fourth-order valence-electron chi connectivity index (χ4n) is 2.69. The van der Waals surface area contributed by atoms with Gasteiger partial charge < -0.3 is 29.7 Å². The summed E-state index contributed by atoms with van der Waals surface area (Å²) in [4.78, 5) is 52.4. The third-order valence-electron chi connectivity index (χ3n) is 4.02. The van der Waals surface area contributed by atoms with Gasteiger partial charge in [0.05, 0.1) is 26.0 Å². The van der Waals surface area contributed by atoms with E-state index in [-0.39, 0.29) is 29.9 Å². The van der Waals surface area contributed by atoms with Gasteiger partial charge in [0.25, 0.3) is 0 Å². The Morgan fingerprint density at radius 2 is 1.97 bits per heavy atom. The molecule has 172 valence electrons. The van der Waals surface area contributed by atoms with Crippen molar-refractivity contribution in [2.75, 3.05) is 31.5 Å². The second kappa shape index (κ2) is 11.0. The number of aromatic nitrogens is 1. The van der Waals surface area contributed by atoms with Crippen LogP contribution in [0.25, 0.3) is 0 Å². The lowest BCUT2D eigenvalue weighted by molar-refractivity contribution is -0.154. The quantitative estimate of drug-likeness (QED) is 0.174. The molecule has 0 aromatic carbocycles. The highest BCUT2D eigenvalue weighted by atomic mass is 35.5. The Hall–Kier alpha value is -2.05. The first kappa shape index (κ1) is 25.2. The standard InChI is InChI=1S/C16H22ClN4O8PS/c1-4-28-30(26,29-5-2)12(8-7-31-16(18-8)19-9(22)6-17)14(24)20-10-11(15(25)27-3)21-13(10)23/h7,10-12H,4-6H2,1-3H3,(H,20,24)(H,21,23)(H,18,19,22)/t10-,11-,12?/m0/s1. The Morgan fingerprint density at radius 1 is 1.32 bits per heavy atom. The van der Waals surface area contributed by atoms with Crippen LogP contribution in [0.4, 0.5) is 5.13 Å². The second-order valence-corrected chi connectivity index (χ2v) is 9.27. The Morgan fingerprint density at radius 3 is 2.48 bits per heavy atom. The number of thiazole rings is 1. The summed E-state index contributed by atoms with van der Waals surface area (Å²) in [6, 6.07) is -2.32. The number of methoxy groups -OCH3 is 1. The molecule has 12 nitrogen and oxygen atoms in total. The summed E-state index contributed by atoms with van der Waals surface area (Å²) in [5.74, 6) is -3.09. The molecule has 0 spiro atoms.